The highest BCUT2D eigenvalue weighted by Crippen LogP contribution is 2.38. The van der Waals surface area contributed by atoms with Crippen molar-refractivity contribution in [1.82, 2.24) is 0 Å². The molecule has 0 aromatic carbocycles. The SMILES string of the molecule is C=C(C)C(=O)OCCOC(CCP(=O)(O)O)CCP(=O)(O)O. The predicted octanol–water partition coefficient (Wildman–Crippen LogP) is 0.626. The van der Waals surface area contributed by atoms with Crippen molar-refractivity contribution in [3.05, 3.63) is 12.2 Å². The van der Waals surface area contributed by atoms with Crippen molar-refractivity contribution < 1.29 is 43.0 Å². The monoisotopic (exact) mass is 360 g/mol. The molecule has 0 rings (SSSR count). The zero-order valence-corrected chi connectivity index (χ0v) is 14.0. The molecule has 0 aliphatic carbocycles. The van der Waals surface area contributed by atoms with Crippen LogP contribution in [0.25, 0.3) is 0 Å². The third kappa shape index (κ3) is 13.2. The molecule has 0 aromatic heterocycles. The van der Waals surface area contributed by atoms with E-state index in [9.17, 15) is 13.9 Å². The minimum Gasteiger partial charge on any atom is -0.460 e. The first-order valence-electron chi connectivity index (χ1n) is 6.44. The van der Waals surface area contributed by atoms with Crippen LogP contribution in [-0.2, 0) is 23.4 Å². The maximum atomic E-state index is 11.1. The van der Waals surface area contributed by atoms with E-state index in [1.54, 1.807) is 0 Å². The largest absolute Gasteiger partial charge is 0.460 e. The van der Waals surface area contributed by atoms with Crippen molar-refractivity contribution in [2.75, 3.05) is 25.5 Å². The Labute approximate surface area is 128 Å². The van der Waals surface area contributed by atoms with Gasteiger partial charge < -0.3 is 29.0 Å². The Bertz CT molecular complexity index is 438. The van der Waals surface area contributed by atoms with Gasteiger partial charge in [-0.3, -0.25) is 9.13 Å². The van der Waals surface area contributed by atoms with Gasteiger partial charge in [-0.2, -0.15) is 0 Å². The maximum Gasteiger partial charge on any atom is 0.333 e. The van der Waals surface area contributed by atoms with Crippen molar-refractivity contribution in [3.8, 4) is 0 Å². The van der Waals surface area contributed by atoms with Crippen LogP contribution in [0.1, 0.15) is 19.8 Å². The van der Waals surface area contributed by atoms with Crippen molar-refractivity contribution >= 4 is 21.2 Å². The van der Waals surface area contributed by atoms with Crippen LogP contribution in [0.15, 0.2) is 12.2 Å². The average molecular weight is 360 g/mol. The normalized spacial score (nSPS) is 12.5. The zero-order valence-electron chi connectivity index (χ0n) is 12.3. The van der Waals surface area contributed by atoms with E-state index in [-0.39, 0.29) is 31.6 Å². The molecule has 0 unspecified atom stereocenters. The van der Waals surface area contributed by atoms with E-state index in [1.807, 2.05) is 0 Å². The average Bonchev–Trinajstić information content (AvgIpc) is 2.33. The van der Waals surface area contributed by atoms with Gasteiger partial charge in [0.2, 0.25) is 0 Å². The first kappa shape index (κ1) is 21.5. The summed E-state index contributed by atoms with van der Waals surface area (Å²) in [6.07, 6.45) is -1.77. The van der Waals surface area contributed by atoms with Crippen LogP contribution in [0.2, 0.25) is 0 Å². The molecule has 0 aromatic rings. The highest BCUT2D eigenvalue weighted by Gasteiger charge is 2.21. The molecule has 0 aliphatic rings. The number of hydrogen-bond donors (Lipinski definition) is 4. The van der Waals surface area contributed by atoms with Crippen LogP contribution < -0.4 is 0 Å². The van der Waals surface area contributed by atoms with Gasteiger partial charge in [-0.1, -0.05) is 6.58 Å². The molecule has 0 saturated heterocycles. The van der Waals surface area contributed by atoms with Crippen LogP contribution >= 0.6 is 15.2 Å². The van der Waals surface area contributed by atoms with Gasteiger partial charge in [-0.25, -0.2) is 4.79 Å². The zero-order chi connectivity index (χ0) is 17.4. The fourth-order valence-electron chi connectivity index (χ4n) is 1.41. The second-order valence-corrected chi connectivity index (χ2v) is 8.32. The minimum atomic E-state index is -4.22. The first-order valence-corrected chi connectivity index (χ1v) is 10.0. The number of carbonyl (C=O) groups excluding carboxylic acids is 1. The molecule has 0 spiro atoms. The lowest BCUT2D eigenvalue weighted by Gasteiger charge is -2.18. The van der Waals surface area contributed by atoms with Gasteiger partial charge >= 0.3 is 21.2 Å². The van der Waals surface area contributed by atoms with Crippen LogP contribution in [0, 0.1) is 0 Å². The van der Waals surface area contributed by atoms with E-state index in [0.717, 1.165) is 0 Å². The van der Waals surface area contributed by atoms with E-state index >= 15 is 0 Å². The molecule has 0 atom stereocenters. The second-order valence-electron chi connectivity index (χ2n) is 4.76. The second kappa shape index (κ2) is 9.57. The highest BCUT2D eigenvalue weighted by atomic mass is 31.2. The standard InChI is InChI=1S/C11H22O9P2/c1-9(2)11(12)20-6-5-19-10(3-7-21(13,14)15)4-8-22(16,17)18/h10H,1,3-8H2,2H3,(H2,13,14,15)(H2,16,17,18). The number of ether oxygens (including phenoxy) is 2. The molecule has 0 fully saturated rings. The number of rotatable bonds is 11. The van der Waals surface area contributed by atoms with Gasteiger partial charge in [0.1, 0.15) is 6.61 Å². The van der Waals surface area contributed by atoms with E-state index in [0.29, 0.717) is 0 Å². The molecule has 0 amide bonds. The van der Waals surface area contributed by atoms with Crippen molar-refractivity contribution in [2.45, 2.75) is 25.9 Å². The molecule has 22 heavy (non-hydrogen) atoms. The van der Waals surface area contributed by atoms with E-state index < -0.39 is 39.6 Å². The summed E-state index contributed by atoms with van der Waals surface area (Å²) in [7, 11) is -8.45. The minimum absolute atomic E-state index is 0.0496. The molecule has 0 aliphatic heterocycles. The quantitative estimate of drug-likeness (QED) is 0.180. The third-order valence-corrected chi connectivity index (χ3v) is 4.18. The molecule has 9 nitrogen and oxygen atoms in total. The summed E-state index contributed by atoms with van der Waals surface area (Å²) in [5.41, 5.74) is 0.222. The van der Waals surface area contributed by atoms with Gasteiger partial charge in [0.05, 0.1) is 25.0 Å². The van der Waals surface area contributed by atoms with Gasteiger partial charge in [0.15, 0.2) is 0 Å². The predicted molar refractivity (Wildman–Crippen MR) is 78.6 cm³/mol. The van der Waals surface area contributed by atoms with Gasteiger partial charge in [0.25, 0.3) is 0 Å². The Morgan fingerprint density at radius 1 is 1.05 bits per heavy atom. The summed E-state index contributed by atoms with van der Waals surface area (Å²) >= 11 is 0. The van der Waals surface area contributed by atoms with Gasteiger partial charge in [0, 0.05) is 5.57 Å². The maximum absolute atomic E-state index is 11.1. The molecule has 0 radical (unpaired) electrons. The lowest BCUT2D eigenvalue weighted by molar-refractivity contribution is -0.141. The first-order chi connectivity index (χ1) is 9.91. The highest BCUT2D eigenvalue weighted by molar-refractivity contribution is 7.52. The topological polar surface area (TPSA) is 151 Å². The molecule has 0 heterocycles. The van der Waals surface area contributed by atoms with Crippen molar-refractivity contribution in [3.63, 3.8) is 0 Å². The number of hydrogen-bond acceptors (Lipinski definition) is 5. The Morgan fingerprint density at radius 2 is 1.50 bits per heavy atom. The molecule has 0 bridgehead atoms. The van der Waals surface area contributed by atoms with Gasteiger partial charge in [-0.15, -0.1) is 0 Å². The summed E-state index contributed by atoms with van der Waals surface area (Å²) in [6.45, 7) is 4.73. The summed E-state index contributed by atoms with van der Waals surface area (Å²) < 4.78 is 31.7. The fourth-order valence-corrected chi connectivity index (χ4v) is 2.66. The number of esters is 1. The fraction of sp³-hybridized carbons (Fsp3) is 0.727. The molecule has 0 saturated carbocycles. The smallest absolute Gasteiger partial charge is 0.333 e. The van der Waals surface area contributed by atoms with Crippen molar-refractivity contribution in [1.29, 1.82) is 0 Å². The molecular weight excluding hydrogens is 338 g/mol. The van der Waals surface area contributed by atoms with E-state index in [4.69, 9.17) is 29.0 Å². The van der Waals surface area contributed by atoms with Crippen LogP contribution in [0.4, 0.5) is 0 Å². The van der Waals surface area contributed by atoms with Crippen LogP contribution in [-0.4, -0.2) is 57.2 Å². The third-order valence-electron chi connectivity index (χ3n) is 2.50. The number of carbonyl (C=O) groups is 1. The van der Waals surface area contributed by atoms with Crippen LogP contribution in [0.5, 0.6) is 0 Å². The van der Waals surface area contributed by atoms with E-state index in [1.165, 1.54) is 6.92 Å². The van der Waals surface area contributed by atoms with Crippen molar-refractivity contribution in [2.24, 2.45) is 0 Å². The Kier molecular flexibility index (Phi) is 9.34. The van der Waals surface area contributed by atoms with E-state index in [2.05, 4.69) is 6.58 Å². The summed E-state index contributed by atoms with van der Waals surface area (Å²) in [4.78, 5) is 46.4. The summed E-state index contributed by atoms with van der Waals surface area (Å²) in [6, 6.07) is 0. The Hall–Kier alpha value is -0.530. The molecule has 4 N–H and O–H groups in total. The molecule has 11 heteroatoms. The summed E-state index contributed by atoms with van der Waals surface area (Å²) in [5, 5.41) is 0. The van der Waals surface area contributed by atoms with Gasteiger partial charge in [-0.05, 0) is 19.8 Å². The van der Waals surface area contributed by atoms with Crippen LogP contribution in [0.3, 0.4) is 0 Å². The lowest BCUT2D eigenvalue weighted by atomic mass is 10.2. The lowest BCUT2D eigenvalue weighted by Crippen LogP contribution is -2.20. The Balaban J connectivity index is 4.28. The molecular formula is C11H22O9P2. The Morgan fingerprint density at radius 3 is 1.86 bits per heavy atom. The summed E-state index contributed by atoms with van der Waals surface area (Å²) in [5.74, 6) is -0.592. The molecule has 130 valence electrons.